The van der Waals surface area contributed by atoms with Crippen molar-refractivity contribution in [3.63, 3.8) is 0 Å². The molecule has 0 bridgehead atoms. The number of hydrogen-bond donors (Lipinski definition) is 1. The van der Waals surface area contributed by atoms with Crippen molar-refractivity contribution in [2.45, 2.75) is 38.3 Å². The third-order valence-electron chi connectivity index (χ3n) is 5.46. The van der Waals surface area contributed by atoms with Gasteiger partial charge >= 0.3 is 0 Å². The van der Waals surface area contributed by atoms with Gasteiger partial charge in [0.05, 0.1) is 11.8 Å². The van der Waals surface area contributed by atoms with Crippen molar-refractivity contribution in [1.82, 2.24) is 14.7 Å². The van der Waals surface area contributed by atoms with Crippen LogP contribution >= 0.6 is 0 Å². The maximum Gasteiger partial charge on any atom is 0.0702 e. The van der Waals surface area contributed by atoms with E-state index >= 15 is 0 Å². The first-order valence-electron chi connectivity index (χ1n) is 9.48. The zero-order chi connectivity index (χ0) is 17.1. The number of ether oxygens (including phenoxy) is 1. The number of benzene rings is 1. The van der Waals surface area contributed by atoms with Gasteiger partial charge in [-0.25, -0.2) is 4.68 Å². The summed E-state index contributed by atoms with van der Waals surface area (Å²) in [4.78, 5) is 2.58. The Balaban J connectivity index is 1.31. The number of nitrogens with one attached hydrogen (secondary N) is 1. The highest BCUT2D eigenvalue weighted by molar-refractivity contribution is 5.49. The van der Waals surface area contributed by atoms with Crippen molar-refractivity contribution >= 4 is 5.69 Å². The molecule has 3 heterocycles. The molecule has 134 valence electrons. The Morgan fingerprint density at radius 1 is 1.24 bits per heavy atom. The van der Waals surface area contributed by atoms with E-state index in [1.54, 1.807) is 6.20 Å². The first-order valence-corrected chi connectivity index (χ1v) is 9.48. The van der Waals surface area contributed by atoms with Crippen LogP contribution in [0.4, 0.5) is 5.69 Å². The van der Waals surface area contributed by atoms with Crippen LogP contribution in [0, 0.1) is 5.92 Å². The summed E-state index contributed by atoms with van der Waals surface area (Å²) in [5.74, 6) is 0.640. The van der Waals surface area contributed by atoms with Crippen LogP contribution in [-0.2, 0) is 4.74 Å². The number of nitrogens with zero attached hydrogens (tertiary/aromatic N) is 3. The van der Waals surface area contributed by atoms with Crippen molar-refractivity contribution in [3.05, 3.63) is 42.7 Å². The number of anilines is 1. The van der Waals surface area contributed by atoms with Gasteiger partial charge in [0.1, 0.15) is 0 Å². The molecule has 3 atom stereocenters. The molecule has 2 aliphatic heterocycles. The van der Waals surface area contributed by atoms with E-state index in [1.807, 2.05) is 16.9 Å². The van der Waals surface area contributed by atoms with E-state index in [1.165, 1.54) is 24.9 Å². The van der Waals surface area contributed by atoms with Gasteiger partial charge in [-0.3, -0.25) is 0 Å². The van der Waals surface area contributed by atoms with E-state index in [0.29, 0.717) is 18.1 Å². The van der Waals surface area contributed by atoms with Gasteiger partial charge in [-0.15, -0.1) is 0 Å². The molecule has 1 N–H and O–H groups in total. The quantitative estimate of drug-likeness (QED) is 0.908. The minimum absolute atomic E-state index is 0.464. The predicted molar refractivity (Wildman–Crippen MR) is 100 cm³/mol. The molecule has 0 unspecified atom stereocenters. The summed E-state index contributed by atoms with van der Waals surface area (Å²) >= 11 is 0. The van der Waals surface area contributed by atoms with Gasteiger partial charge in [0.2, 0.25) is 0 Å². The van der Waals surface area contributed by atoms with Crippen LogP contribution in [0.1, 0.15) is 26.2 Å². The fourth-order valence-corrected chi connectivity index (χ4v) is 4.03. The van der Waals surface area contributed by atoms with Crippen LogP contribution in [0.3, 0.4) is 0 Å². The van der Waals surface area contributed by atoms with Gasteiger partial charge < -0.3 is 15.0 Å². The second-order valence-electron chi connectivity index (χ2n) is 7.41. The number of likely N-dealkylation sites (tertiary alicyclic amines) is 1. The Labute approximate surface area is 150 Å². The lowest BCUT2D eigenvalue weighted by Crippen LogP contribution is -2.47. The van der Waals surface area contributed by atoms with Crippen LogP contribution < -0.4 is 5.32 Å². The predicted octanol–water partition coefficient (Wildman–Crippen LogP) is 3.17. The fraction of sp³-hybridized carbons (Fsp3) is 0.550. The van der Waals surface area contributed by atoms with E-state index in [2.05, 4.69) is 46.5 Å². The number of rotatable bonds is 5. The summed E-state index contributed by atoms with van der Waals surface area (Å²) in [6.07, 6.45) is 7.88. The van der Waals surface area contributed by atoms with Crippen LogP contribution in [0.25, 0.3) is 5.69 Å². The Morgan fingerprint density at radius 2 is 2.12 bits per heavy atom. The third-order valence-corrected chi connectivity index (χ3v) is 5.46. The molecular weight excluding hydrogens is 312 g/mol. The molecular formula is C20H28N4O. The highest BCUT2D eigenvalue weighted by atomic mass is 16.5. The summed E-state index contributed by atoms with van der Waals surface area (Å²) < 4.78 is 7.68. The topological polar surface area (TPSA) is 42.3 Å². The molecule has 2 saturated heterocycles. The smallest absolute Gasteiger partial charge is 0.0702 e. The maximum atomic E-state index is 5.79. The van der Waals surface area contributed by atoms with E-state index in [9.17, 15) is 0 Å². The van der Waals surface area contributed by atoms with Gasteiger partial charge in [-0.2, -0.15) is 5.10 Å². The van der Waals surface area contributed by atoms with Gasteiger partial charge in [-0.1, -0.05) is 6.92 Å². The molecule has 0 amide bonds. The zero-order valence-corrected chi connectivity index (χ0v) is 15.0. The van der Waals surface area contributed by atoms with Gasteiger partial charge in [0.25, 0.3) is 0 Å². The summed E-state index contributed by atoms with van der Waals surface area (Å²) in [6, 6.07) is 11.0. The number of piperidine rings is 1. The second-order valence-corrected chi connectivity index (χ2v) is 7.41. The van der Waals surface area contributed by atoms with Crippen LogP contribution in [0.15, 0.2) is 42.7 Å². The van der Waals surface area contributed by atoms with Crippen molar-refractivity contribution in [3.8, 4) is 5.69 Å². The minimum Gasteiger partial charge on any atom is -0.382 e. The molecule has 0 radical (unpaired) electrons. The second kappa shape index (κ2) is 7.58. The monoisotopic (exact) mass is 340 g/mol. The Bertz CT molecular complexity index is 649. The normalized spacial score (nSPS) is 27.5. The molecule has 0 spiro atoms. The minimum atomic E-state index is 0.464. The first-order chi connectivity index (χ1) is 12.3. The van der Waals surface area contributed by atoms with E-state index in [-0.39, 0.29) is 0 Å². The summed E-state index contributed by atoms with van der Waals surface area (Å²) in [5, 5.41) is 8.00. The molecule has 1 aromatic heterocycles. The molecule has 5 heteroatoms. The standard InChI is InChI=1S/C20H28N4O/c1-16-14-23(15-19-4-2-13-25-19)12-9-20(16)22-17-5-7-18(8-6-17)24-11-3-10-21-24/h3,5-8,10-11,16,19-20,22H,2,4,9,12-15H2,1H3/t16-,19+,20-/m1/s1. The van der Waals surface area contributed by atoms with Crippen molar-refractivity contribution in [2.24, 2.45) is 5.92 Å². The van der Waals surface area contributed by atoms with Crippen LogP contribution in [0.5, 0.6) is 0 Å². The van der Waals surface area contributed by atoms with E-state index in [0.717, 1.165) is 31.9 Å². The lowest BCUT2D eigenvalue weighted by Gasteiger charge is -2.38. The van der Waals surface area contributed by atoms with Crippen LogP contribution in [0.2, 0.25) is 0 Å². The maximum absolute atomic E-state index is 5.79. The zero-order valence-electron chi connectivity index (χ0n) is 15.0. The summed E-state index contributed by atoms with van der Waals surface area (Å²) in [5.41, 5.74) is 2.29. The molecule has 4 rings (SSSR count). The van der Waals surface area contributed by atoms with E-state index in [4.69, 9.17) is 4.74 Å². The van der Waals surface area contributed by atoms with Gasteiger partial charge in [0.15, 0.2) is 0 Å². The molecule has 2 fully saturated rings. The molecule has 2 aromatic rings. The SMILES string of the molecule is C[C@@H]1CN(C[C@@H]2CCCO2)CC[C@H]1Nc1ccc(-n2cccn2)cc1. The lowest BCUT2D eigenvalue weighted by molar-refractivity contribution is 0.0563. The summed E-state index contributed by atoms with van der Waals surface area (Å²) in [7, 11) is 0. The summed E-state index contributed by atoms with van der Waals surface area (Å²) in [6.45, 7) is 6.73. The first kappa shape index (κ1) is 16.6. The van der Waals surface area contributed by atoms with Gasteiger partial charge in [0, 0.05) is 50.4 Å². The molecule has 0 saturated carbocycles. The van der Waals surface area contributed by atoms with Gasteiger partial charge in [-0.05, 0) is 55.5 Å². The highest BCUT2D eigenvalue weighted by Crippen LogP contribution is 2.23. The number of aromatic nitrogens is 2. The Morgan fingerprint density at radius 3 is 2.80 bits per heavy atom. The molecule has 0 aliphatic carbocycles. The molecule has 1 aromatic carbocycles. The average molecular weight is 340 g/mol. The lowest BCUT2D eigenvalue weighted by atomic mass is 9.93. The Hall–Kier alpha value is -1.85. The third kappa shape index (κ3) is 4.05. The average Bonchev–Trinajstić information content (AvgIpc) is 3.32. The van der Waals surface area contributed by atoms with Crippen molar-refractivity contribution < 1.29 is 4.74 Å². The highest BCUT2D eigenvalue weighted by Gasteiger charge is 2.28. The van der Waals surface area contributed by atoms with Crippen LogP contribution in [-0.4, -0.2) is 53.1 Å². The number of hydrogen-bond acceptors (Lipinski definition) is 4. The largest absolute Gasteiger partial charge is 0.382 e. The van der Waals surface area contributed by atoms with E-state index < -0.39 is 0 Å². The molecule has 2 aliphatic rings. The molecule has 5 nitrogen and oxygen atoms in total. The van der Waals surface area contributed by atoms with Crippen molar-refractivity contribution in [1.29, 1.82) is 0 Å². The fourth-order valence-electron chi connectivity index (χ4n) is 4.03. The molecule has 25 heavy (non-hydrogen) atoms. The Kier molecular flexibility index (Phi) is 5.04. The van der Waals surface area contributed by atoms with Crippen molar-refractivity contribution in [2.75, 3.05) is 31.6 Å².